The average molecular weight is 617 g/mol. The second kappa shape index (κ2) is 17.2. The monoisotopic (exact) mass is 616 g/mol. The third-order valence-electron chi connectivity index (χ3n) is 6.77. The van der Waals surface area contributed by atoms with Gasteiger partial charge in [0.2, 0.25) is 17.6 Å². The van der Waals surface area contributed by atoms with Crippen molar-refractivity contribution in [1.29, 1.82) is 0 Å². The van der Waals surface area contributed by atoms with Crippen LogP contribution in [-0.4, -0.2) is 54.8 Å². The second-order valence-corrected chi connectivity index (χ2v) is 10.9. The molecule has 0 saturated carbocycles. The van der Waals surface area contributed by atoms with Crippen LogP contribution in [0.3, 0.4) is 0 Å². The normalized spacial score (nSPS) is 12.6. The molecule has 0 saturated heterocycles. The van der Waals surface area contributed by atoms with Crippen molar-refractivity contribution < 1.29 is 33.4 Å². The number of ketones is 1. The lowest BCUT2D eigenvalue weighted by atomic mass is 9.98. The molecule has 0 unspecified atom stereocenters. The van der Waals surface area contributed by atoms with E-state index >= 15 is 0 Å². The third-order valence-corrected chi connectivity index (χ3v) is 6.77. The largest absolute Gasteiger partial charge is 0.497 e. The summed E-state index contributed by atoms with van der Waals surface area (Å²) in [6.07, 6.45) is -0.545. The minimum Gasteiger partial charge on any atom is -0.497 e. The summed E-state index contributed by atoms with van der Waals surface area (Å²) in [6, 6.07) is 21.2. The van der Waals surface area contributed by atoms with E-state index in [4.69, 9.17) is 9.47 Å². The van der Waals surface area contributed by atoms with Crippen molar-refractivity contribution in [1.82, 2.24) is 16.0 Å². The molecule has 4 N–H and O–H groups in total. The second-order valence-electron chi connectivity index (χ2n) is 10.9. The average Bonchev–Trinajstić information content (AvgIpc) is 3.03. The highest BCUT2D eigenvalue weighted by molar-refractivity contribution is 6.42. The molecular formula is C34H40N4O7. The predicted octanol–water partition coefficient (Wildman–Crippen LogP) is 3.78. The fraction of sp³-hybridized carbons (Fsp3) is 0.324. The maximum atomic E-state index is 13.6. The maximum absolute atomic E-state index is 13.6. The number of carbonyl (C=O) groups excluding carboxylic acids is 5. The number of hydrogen-bond donors (Lipinski definition) is 4. The molecule has 0 aromatic heterocycles. The minimum atomic E-state index is -1.14. The van der Waals surface area contributed by atoms with Crippen molar-refractivity contribution in [2.75, 3.05) is 12.4 Å². The molecular weight excluding hydrogens is 576 g/mol. The van der Waals surface area contributed by atoms with Crippen molar-refractivity contribution in [3.8, 4) is 5.75 Å². The molecule has 45 heavy (non-hydrogen) atoms. The van der Waals surface area contributed by atoms with E-state index in [1.807, 2.05) is 32.0 Å². The summed E-state index contributed by atoms with van der Waals surface area (Å²) in [5.41, 5.74) is 1.93. The van der Waals surface area contributed by atoms with Gasteiger partial charge in [-0.05, 0) is 54.7 Å². The topological polar surface area (TPSA) is 152 Å². The molecule has 4 amide bonds. The summed E-state index contributed by atoms with van der Waals surface area (Å²) in [7, 11) is 1.53. The molecule has 0 aliphatic rings. The molecule has 0 radical (unpaired) electrons. The number of anilines is 1. The molecule has 0 aliphatic heterocycles. The Bertz CT molecular complexity index is 1430. The van der Waals surface area contributed by atoms with Crippen LogP contribution in [0.2, 0.25) is 0 Å². The van der Waals surface area contributed by atoms with Crippen molar-refractivity contribution in [3.63, 3.8) is 0 Å². The maximum Gasteiger partial charge on any atom is 0.408 e. The highest BCUT2D eigenvalue weighted by Gasteiger charge is 2.32. The first-order valence-corrected chi connectivity index (χ1v) is 14.7. The first-order chi connectivity index (χ1) is 21.5. The Labute approximate surface area is 263 Å². The molecule has 3 aromatic rings. The third kappa shape index (κ3) is 11.4. The Hall–Kier alpha value is -5.19. The van der Waals surface area contributed by atoms with E-state index in [9.17, 15) is 24.0 Å². The van der Waals surface area contributed by atoms with Gasteiger partial charge in [0.1, 0.15) is 24.4 Å². The molecule has 0 aliphatic carbocycles. The van der Waals surface area contributed by atoms with Gasteiger partial charge in [-0.1, -0.05) is 74.5 Å². The first kappa shape index (κ1) is 34.3. The summed E-state index contributed by atoms with van der Waals surface area (Å²) in [4.78, 5) is 65.1. The quantitative estimate of drug-likeness (QED) is 0.190. The van der Waals surface area contributed by atoms with Crippen LogP contribution in [-0.2, 0) is 36.9 Å². The van der Waals surface area contributed by atoms with E-state index < -0.39 is 47.7 Å². The Kier molecular flexibility index (Phi) is 13.1. The van der Waals surface area contributed by atoms with Crippen LogP contribution in [0.15, 0.2) is 84.9 Å². The molecule has 11 heteroatoms. The van der Waals surface area contributed by atoms with Crippen molar-refractivity contribution in [2.45, 2.75) is 58.3 Å². The summed E-state index contributed by atoms with van der Waals surface area (Å²) in [6.45, 7) is 5.21. The minimum absolute atomic E-state index is 0.0205. The number of benzene rings is 3. The lowest BCUT2D eigenvalue weighted by molar-refractivity contribution is -0.138. The highest BCUT2D eigenvalue weighted by Crippen LogP contribution is 2.14. The number of carbonyl (C=O) groups is 5. The number of Topliss-reactive ketones (excluding diaryl/α,β-unsaturated/α-hetero) is 1. The van der Waals surface area contributed by atoms with Crippen LogP contribution in [0.25, 0.3) is 0 Å². The molecule has 3 rings (SSSR count). The van der Waals surface area contributed by atoms with Gasteiger partial charge in [0.05, 0.1) is 13.2 Å². The smallest absolute Gasteiger partial charge is 0.408 e. The van der Waals surface area contributed by atoms with Crippen molar-refractivity contribution >= 4 is 35.3 Å². The lowest BCUT2D eigenvalue weighted by Gasteiger charge is -2.25. The number of hydrogen-bond acceptors (Lipinski definition) is 7. The molecule has 11 nitrogen and oxygen atoms in total. The highest BCUT2D eigenvalue weighted by atomic mass is 16.5. The molecule has 0 spiro atoms. The van der Waals surface area contributed by atoms with Gasteiger partial charge in [0.25, 0.3) is 5.91 Å². The molecule has 3 aromatic carbocycles. The Morgan fingerprint density at radius 2 is 1.29 bits per heavy atom. The van der Waals surface area contributed by atoms with Crippen LogP contribution in [0.5, 0.6) is 5.75 Å². The zero-order valence-corrected chi connectivity index (χ0v) is 25.9. The molecule has 238 valence electrons. The molecule has 0 fully saturated rings. The predicted molar refractivity (Wildman–Crippen MR) is 169 cm³/mol. The first-order valence-electron chi connectivity index (χ1n) is 14.7. The fourth-order valence-corrected chi connectivity index (χ4v) is 4.36. The van der Waals surface area contributed by atoms with E-state index in [0.717, 1.165) is 5.56 Å². The Morgan fingerprint density at radius 3 is 1.89 bits per heavy atom. The van der Waals surface area contributed by atoms with Gasteiger partial charge in [0, 0.05) is 12.1 Å². The SMILES string of the molecule is COc1ccc(C[C@H](NC(=O)[C@H](C)NC(=O)OCc2ccccc2)C(=O)N[C@@H](CC(C)C)C(=O)C(=O)Nc2ccccc2)cc1. The number of para-hydroxylation sites is 1. The van der Waals surface area contributed by atoms with Crippen molar-refractivity contribution in [2.24, 2.45) is 5.92 Å². The van der Waals surface area contributed by atoms with Gasteiger partial charge in [-0.15, -0.1) is 0 Å². The van der Waals surface area contributed by atoms with Gasteiger partial charge in [-0.2, -0.15) is 0 Å². The lowest BCUT2D eigenvalue weighted by Crippen LogP contribution is -2.56. The summed E-state index contributed by atoms with van der Waals surface area (Å²) in [5.74, 6) is -2.41. The number of rotatable bonds is 15. The number of alkyl carbamates (subject to hydrolysis) is 1. The number of nitrogens with one attached hydrogen (secondary N) is 4. The van der Waals surface area contributed by atoms with Crippen LogP contribution in [0.1, 0.15) is 38.3 Å². The van der Waals surface area contributed by atoms with Crippen LogP contribution >= 0.6 is 0 Å². The van der Waals surface area contributed by atoms with Gasteiger partial charge in [-0.25, -0.2) is 4.79 Å². The standard InChI is InChI=1S/C34H40N4O7/c1-22(2)19-28(30(39)33(42)36-26-13-9-6-10-14-26)37-32(41)29(20-24-15-17-27(44-4)18-16-24)38-31(40)23(3)35-34(43)45-21-25-11-7-5-8-12-25/h5-18,22-23,28-29H,19-21H2,1-4H3,(H,35,43)(H,36,42)(H,37,41)(H,38,40)/t23-,28-,29-/m0/s1. The van der Waals surface area contributed by atoms with Crippen LogP contribution < -0.4 is 26.0 Å². The van der Waals surface area contributed by atoms with E-state index in [0.29, 0.717) is 17.0 Å². The number of methoxy groups -OCH3 is 1. The fourth-order valence-electron chi connectivity index (χ4n) is 4.36. The molecule has 0 heterocycles. The van der Waals surface area contributed by atoms with Crippen LogP contribution in [0.4, 0.5) is 10.5 Å². The molecule has 3 atom stereocenters. The Balaban J connectivity index is 1.72. The zero-order valence-electron chi connectivity index (χ0n) is 25.9. The van der Waals surface area contributed by atoms with Gasteiger partial charge in [0.15, 0.2) is 0 Å². The van der Waals surface area contributed by atoms with E-state index in [1.165, 1.54) is 14.0 Å². The zero-order chi connectivity index (χ0) is 32.8. The van der Waals surface area contributed by atoms with Crippen molar-refractivity contribution in [3.05, 3.63) is 96.1 Å². The summed E-state index contributed by atoms with van der Waals surface area (Å²) < 4.78 is 10.4. The Morgan fingerprint density at radius 1 is 0.689 bits per heavy atom. The van der Waals surface area contributed by atoms with E-state index in [2.05, 4.69) is 21.3 Å². The molecule has 0 bridgehead atoms. The number of ether oxygens (including phenoxy) is 2. The van der Waals surface area contributed by atoms with E-state index in [1.54, 1.807) is 66.7 Å². The number of amides is 4. The summed E-state index contributed by atoms with van der Waals surface area (Å²) >= 11 is 0. The van der Waals surface area contributed by atoms with Crippen LogP contribution in [0, 0.1) is 5.92 Å². The van der Waals surface area contributed by atoms with Gasteiger partial charge in [-0.3, -0.25) is 19.2 Å². The summed E-state index contributed by atoms with van der Waals surface area (Å²) in [5, 5.41) is 10.4. The van der Waals surface area contributed by atoms with Gasteiger partial charge < -0.3 is 30.7 Å². The van der Waals surface area contributed by atoms with Gasteiger partial charge >= 0.3 is 6.09 Å². The van der Waals surface area contributed by atoms with E-state index in [-0.39, 0.29) is 25.4 Å².